The van der Waals surface area contributed by atoms with Crippen LogP contribution in [0.25, 0.3) is 10.8 Å². The number of phenols is 1. The summed E-state index contributed by atoms with van der Waals surface area (Å²) in [7, 11) is 0. The van der Waals surface area contributed by atoms with Gasteiger partial charge in [-0.2, -0.15) is 5.10 Å². The maximum absolute atomic E-state index is 12.5. The minimum Gasteiger partial charge on any atom is -0.507 e. The number of hydrogen-bond donors (Lipinski definition) is 2. The number of aromatic hydroxyl groups is 1. The third kappa shape index (κ3) is 4.03. The first-order chi connectivity index (χ1) is 14.0. The van der Waals surface area contributed by atoms with E-state index in [9.17, 15) is 9.90 Å². The third-order valence-corrected chi connectivity index (χ3v) is 5.50. The van der Waals surface area contributed by atoms with E-state index < -0.39 is 5.91 Å². The zero-order valence-corrected chi connectivity index (χ0v) is 16.7. The largest absolute Gasteiger partial charge is 0.507 e. The number of carbonyl (C=O) groups excluding carboxylic acids is 1. The first-order valence-corrected chi connectivity index (χ1v) is 9.86. The van der Waals surface area contributed by atoms with E-state index in [1.54, 1.807) is 18.3 Å². The van der Waals surface area contributed by atoms with Crippen molar-refractivity contribution in [3.63, 3.8) is 0 Å². The molecule has 1 aromatic heterocycles. The second kappa shape index (κ2) is 8.09. The van der Waals surface area contributed by atoms with E-state index >= 15 is 0 Å². The number of hydrazone groups is 1. The van der Waals surface area contributed by atoms with Crippen LogP contribution in [0.5, 0.6) is 5.75 Å². The van der Waals surface area contributed by atoms with Crippen LogP contribution in [-0.2, 0) is 11.3 Å². The van der Waals surface area contributed by atoms with Gasteiger partial charge in [0.1, 0.15) is 5.75 Å². The highest BCUT2D eigenvalue weighted by Gasteiger charge is 2.18. The van der Waals surface area contributed by atoms with Crippen LogP contribution in [0.3, 0.4) is 0 Å². The topological polar surface area (TPSA) is 75.9 Å². The average molecular weight is 391 g/mol. The quantitative estimate of drug-likeness (QED) is 0.511. The van der Waals surface area contributed by atoms with Gasteiger partial charge in [-0.25, -0.2) is 5.43 Å². The Morgan fingerprint density at radius 3 is 2.76 bits per heavy atom. The lowest BCUT2D eigenvalue weighted by Crippen LogP contribution is -2.18. The molecule has 0 bridgehead atoms. The molecule has 2 heterocycles. The van der Waals surface area contributed by atoms with E-state index in [1.807, 2.05) is 37.3 Å². The minimum absolute atomic E-state index is 0.0638. The number of carbonyl (C=O) groups is 1. The zero-order valence-electron chi connectivity index (χ0n) is 16.7. The number of nitrogens with zero attached hydrogens (tertiary/aromatic N) is 2. The van der Waals surface area contributed by atoms with Crippen molar-refractivity contribution in [3.8, 4) is 5.75 Å². The second-order valence-electron chi connectivity index (χ2n) is 7.49. The number of ether oxygens (including phenoxy) is 1. The molecule has 0 spiro atoms. The summed E-state index contributed by atoms with van der Waals surface area (Å²) in [6.07, 6.45) is 4.11. The van der Waals surface area contributed by atoms with Crippen LogP contribution >= 0.6 is 0 Å². The van der Waals surface area contributed by atoms with Crippen LogP contribution < -0.4 is 5.43 Å². The fraction of sp³-hybridized carbons (Fsp3) is 0.304. The Kier molecular flexibility index (Phi) is 5.36. The highest BCUT2D eigenvalue weighted by molar-refractivity contribution is 6.01. The molecule has 1 aliphatic rings. The molecular formula is C23H25N3O3. The Balaban J connectivity index is 1.47. The molecule has 1 amide bonds. The SMILES string of the molecule is Cc1cc(/C=N\NC(=O)c2cc3ccccc3cc2O)c(C)n1C[C@H]1CCCO1. The van der Waals surface area contributed by atoms with Crippen molar-refractivity contribution in [2.45, 2.75) is 39.3 Å². The predicted octanol–water partition coefficient (Wildman–Crippen LogP) is 3.91. The summed E-state index contributed by atoms with van der Waals surface area (Å²) in [5.41, 5.74) is 5.89. The maximum Gasteiger partial charge on any atom is 0.275 e. The van der Waals surface area contributed by atoms with Gasteiger partial charge < -0.3 is 14.4 Å². The van der Waals surface area contributed by atoms with Crippen LogP contribution in [-0.4, -0.2) is 34.5 Å². The third-order valence-electron chi connectivity index (χ3n) is 5.50. The number of aromatic nitrogens is 1. The van der Waals surface area contributed by atoms with E-state index in [4.69, 9.17) is 4.74 Å². The fourth-order valence-electron chi connectivity index (χ4n) is 3.86. The van der Waals surface area contributed by atoms with Crippen molar-refractivity contribution in [1.29, 1.82) is 0 Å². The van der Waals surface area contributed by atoms with E-state index in [-0.39, 0.29) is 17.4 Å². The number of fused-ring (bicyclic) bond motifs is 1. The molecule has 1 fully saturated rings. The lowest BCUT2D eigenvalue weighted by atomic mass is 10.1. The van der Waals surface area contributed by atoms with Crippen LogP contribution in [0.15, 0.2) is 47.6 Å². The normalized spacial score (nSPS) is 16.7. The van der Waals surface area contributed by atoms with E-state index in [1.165, 1.54) is 0 Å². The Bertz CT molecular complexity index is 1080. The predicted molar refractivity (Wildman–Crippen MR) is 114 cm³/mol. The number of phenolic OH excluding ortho intramolecular Hbond substituents is 1. The molecule has 150 valence electrons. The Labute approximate surface area is 169 Å². The van der Waals surface area contributed by atoms with Gasteiger partial charge in [-0.05, 0) is 55.7 Å². The van der Waals surface area contributed by atoms with Gasteiger partial charge in [-0.1, -0.05) is 24.3 Å². The highest BCUT2D eigenvalue weighted by Crippen LogP contribution is 2.25. The number of nitrogens with one attached hydrogen (secondary N) is 1. The molecule has 0 aliphatic carbocycles. The number of amides is 1. The van der Waals surface area contributed by atoms with Crippen molar-refractivity contribution in [1.82, 2.24) is 9.99 Å². The lowest BCUT2D eigenvalue weighted by molar-refractivity contribution is 0.0952. The van der Waals surface area contributed by atoms with Crippen molar-refractivity contribution in [2.75, 3.05) is 6.61 Å². The molecule has 0 unspecified atom stereocenters. The molecule has 6 nitrogen and oxygen atoms in total. The molecule has 29 heavy (non-hydrogen) atoms. The molecule has 3 aromatic rings. The summed E-state index contributed by atoms with van der Waals surface area (Å²) < 4.78 is 7.97. The molecule has 1 saturated heterocycles. The van der Waals surface area contributed by atoms with Crippen LogP contribution in [0.1, 0.15) is 40.2 Å². The smallest absolute Gasteiger partial charge is 0.275 e. The molecular weight excluding hydrogens is 366 g/mol. The van der Waals surface area contributed by atoms with Gasteiger partial charge in [0, 0.05) is 30.1 Å². The Morgan fingerprint density at radius 1 is 1.28 bits per heavy atom. The van der Waals surface area contributed by atoms with Crippen LogP contribution in [0.2, 0.25) is 0 Å². The molecule has 2 N–H and O–H groups in total. The summed E-state index contributed by atoms with van der Waals surface area (Å²) in [6.45, 7) is 5.78. The Hall–Kier alpha value is -3.12. The van der Waals surface area contributed by atoms with Gasteiger partial charge in [-0.3, -0.25) is 4.79 Å². The summed E-state index contributed by atoms with van der Waals surface area (Å²) in [4.78, 5) is 12.5. The fourth-order valence-corrected chi connectivity index (χ4v) is 3.86. The number of hydrogen-bond acceptors (Lipinski definition) is 4. The lowest BCUT2D eigenvalue weighted by Gasteiger charge is -2.14. The number of rotatable bonds is 5. The van der Waals surface area contributed by atoms with Crippen molar-refractivity contribution >= 4 is 22.9 Å². The van der Waals surface area contributed by atoms with Crippen LogP contribution in [0.4, 0.5) is 0 Å². The van der Waals surface area contributed by atoms with Gasteiger partial charge in [0.2, 0.25) is 0 Å². The van der Waals surface area contributed by atoms with Gasteiger partial charge in [0.05, 0.1) is 17.9 Å². The second-order valence-corrected chi connectivity index (χ2v) is 7.49. The summed E-state index contributed by atoms with van der Waals surface area (Å²) in [5, 5.41) is 16.1. The Morgan fingerprint density at radius 2 is 2.03 bits per heavy atom. The van der Waals surface area contributed by atoms with Gasteiger partial charge in [-0.15, -0.1) is 0 Å². The first-order valence-electron chi connectivity index (χ1n) is 9.86. The maximum atomic E-state index is 12.5. The molecule has 1 atom stereocenters. The van der Waals surface area contributed by atoms with Gasteiger partial charge in [0.15, 0.2) is 0 Å². The summed E-state index contributed by atoms with van der Waals surface area (Å²) >= 11 is 0. The van der Waals surface area contributed by atoms with Crippen molar-refractivity contribution in [2.24, 2.45) is 5.10 Å². The average Bonchev–Trinajstić information content (AvgIpc) is 3.31. The first kappa shape index (κ1) is 19.2. The molecule has 4 rings (SSSR count). The van der Waals surface area contributed by atoms with E-state index in [2.05, 4.69) is 22.0 Å². The van der Waals surface area contributed by atoms with E-state index in [0.29, 0.717) is 0 Å². The van der Waals surface area contributed by atoms with Gasteiger partial charge >= 0.3 is 0 Å². The monoisotopic (exact) mass is 391 g/mol. The zero-order chi connectivity index (χ0) is 20.4. The summed E-state index contributed by atoms with van der Waals surface area (Å²) in [5.74, 6) is -0.510. The molecule has 1 aliphatic heterocycles. The molecule has 0 radical (unpaired) electrons. The molecule has 0 saturated carbocycles. The minimum atomic E-state index is -0.447. The van der Waals surface area contributed by atoms with Crippen LogP contribution in [0, 0.1) is 13.8 Å². The van der Waals surface area contributed by atoms with Crippen molar-refractivity contribution < 1.29 is 14.6 Å². The number of benzene rings is 2. The highest BCUT2D eigenvalue weighted by atomic mass is 16.5. The summed E-state index contributed by atoms with van der Waals surface area (Å²) in [6, 6.07) is 12.9. The standard InChI is InChI=1S/C23H25N3O3/c1-15-10-19(16(2)26(15)14-20-8-5-9-29-20)13-24-25-23(28)21-11-17-6-3-4-7-18(17)12-22(21)27/h3-4,6-7,10-13,20,27H,5,8-9,14H2,1-2H3,(H,25,28)/b24-13-/t20-/m1/s1. The molecule has 2 aromatic carbocycles. The number of aryl methyl sites for hydroxylation is 1. The van der Waals surface area contributed by atoms with Crippen molar-refractivity contribution in [3.05, 3.63) is 65.0 Å². The van der Waals surface area contributed by atoms with E-state index in [0.717, 1.165) is 53.7 Å². The van der Waals surface area contributed by atoms with Gasteiger partial charge in [0.25, 0.3) is 5.91 Å². The molecule has 6 heteroatoms.